The molecule has 0 saturated heterocycles. The molecule has 2 N–H and O–H groups in total. The van der Waals surface area contributed by atoms with Crippen LogP contribution < -0.4 is 25.1 Å². The summed E-state index contributed by atoms with van der Waals surface area (Å²) in [4.78, 5) is 23.4. The van der Waals surface area contributed by atoms with Crippen molar-refractivity contribution in [3.05, 3.63) is 54.1 Å². The maximum Gasteiger partial charge on any atom is 0.276 e. The predicted octanol–water partition coefficient (Wildman–Crippen LogP) is 1.56. The van der Waals surface area contributed by atoms with Crippen LogP contribution in [0.3, 0.4) is 0 Å². The van der Waals surface area contributed by atoms with Crippen LogP contribution in [-0.4, -0.2) is 32.1 Å². The van der Waals surface area contributed by atoms with Crippen LogP contribution in [-0.2, 0) is 9.59 Å². The summed E-state index contributed by atoms with van der Waals surface area (Å²) >= 11 is 0. The highest BCUT2D eigenvalue weighted by molar-refractivity contribution is 5.82. The number of rotatable bonds is 8. The molecule has 0 unspecified atom stereocenters. The Balaban J connectivity index is 1.64. The van der Waals surface area contributed by atoms with Crippen molar-refractivity contribution in [1.29, 1.82) is 5.26 Å². The molecule has 140 valence electrons. The smallest absolute Gasteiger partial charge is 0.276 e. The number of nitrogens with one attached hydrogen (secondary N) is 2. The van der Waals surface area contributed by atoms with Crippen molar-refractivity contribution in [3.63, 3.8) is 0 Å². The lowest BCUT2D eigenvalue weighted by molar-refractivity contribution is -0.130. The third-order valence-electron chi connectivity index (χ3n) is 3.36. The van der Waals surface area contributed by atoms with Crippen molar-refractivity contribution >= 4 is 11.8 Å². The monoisotopic (exact) mass is 369 g/mol. The molecule has 2 aromatic carbocycles. The van der Waals surface area contributed by atoms with Crippen LogP contribution in [0.5, 0.6) is 17.2 Å². The van der Waals surface area contributed by atoms with Crippen molar-refractivity contribution in [2.24, 2.45) is 0 Å². The van der Waals surface area contributed by atoms with Crippen molar-refractivity contribution in [2.75, 3.05) is 20.3 Å². The molecule has 0 atom stereocenters. The molecule has 27 heavy (non-hydrogen) atoms. The Hall–Kier alpha value is -3.73. The van der Waals surface area contributed by atoms with Gasteiger partial charge in [0.05, 0.1) is 25.7 Å². The van der Waals surface area contributed by atoms with Crippen LogP contribution in [0.4, 0.5) is 0 Å². The summed E-state index contributed by atoms with van der Waals surface area (Å²) in [5.74, 6) is 0.662. The number of carbonyl (C=O) groups is 2. The van der Waals surface area contributed by atoms with E-state index in [2.05, 4.69) is 10.9 Å². The number of methoxy groups -OCH3 is 1. The zero-order valence-electron chi connectivity index (χ0n) is 14.7. The van der Waals surface area contributed by atoms with E-state index < -0.39 is 11.8 Å². The second-order valence-corrected chi connectivity index (χ2v) is 5.27. The lowest BCUT2D eigenvalue weighted by Gasteiger charge is -2.10. The fourth-order valence-electron chi connectivity index (χ4n) is 2.00. The maximum atomic E-state index is 11.7. The number of hydrogen-bond acceptors (Lipinski definition) is 6. The number of hydrazine groups is 1. The molecule has 0 fully saturated rings. The fourth-order valence-corrected chi connectivity index (χ4v) is 2.00. The van der Waals surface area contributed by atoms with Gasteiger partial charge in [0.1, 0.15) is 23.3 Å². The number of amides is 2. The van der Waals surface area contributed by atoms with E-state index in [0.29, 0.717) is 22.8 Å². The molecule has 0 aliphatic rings. The van der Waals surface area contributed by atoms with Gasteiger partial charge in [-0.05, 0) is 36.4 Å². The molecule has 2 rings (SSSR count). The van der Waals surface area contributed by atoms with Crippen LogP contribution in [0.25, 0.3) is 0 Å². The summed E-state index contributed by atoms with van der Waals surface area (Å²) in [5, 5.41) is 8.95. The molecule has 2 amide bonds. The molecule has 0 spiro atoms. The summed E-state index contributed by atoms with van der Waals surface area (Å²) in [6, 6.07) is 15.5. The molecule has 0 bridgehead atoms. The van der Waals surface area contributed by atoms with Gasteiger partial charge in [-0.2, -0.15) is 5.26 Å². The molecular formula is C19H19N3O5. The summed E-state index contributed by atoms with van der Waals surface area (Å²) in [5.41, 5.74) is 4.83. The first-order valence-electron chi connectivity index (χ1n) is 8.09. The van der Waals surface area contributed by atoms with Crippen molar-refractivity contribution in [1.82, 2.24) is 10.9 Å². The Bertz CT molecular complexity index is 815. The largest absolute Gasteiger partial charge is 0.497 e. The van der Waals surface area contributed by atoms with Crippen molar-refractivity contribution in [3.8, 4) is 23.3 Å². The number of para-hydroxylation sites is 1. The van der Waals surface area contributed by atoms with Crippen LogP contribution >= 0.6 is 0 Å². The molecular weight excluding hydrogens is 350 g/mol. The van der Waals surface area contributed by atoms with Gasteiger partial charge in [-0.15, -0.1) is 0 Å². The van der Waals surface area contributed by atoms with Crippen LogP contribution in [0, 0.1) is 11.3 Å². The highest BCUT2D eigenvalue weighted by Gasteiger charge is 2.08. The molecule has 0 aliphatic heterocycles. The zero-order valence-corrected chi connectivity index (χ0v) is 14.7. The normalized spacial score (nSPS) is 9.63. The molecule has 2 aromatic rings. The second-order valence-electron chi connectivity index (χ2n) is 5.27. The molecule has 0 saturated carbocycles. The number of ether oxygens (including phenoxy) is 3. The van der Waals surface area contributed by atoms with E-state index in [4.69, 9.17) is 19.5 Å². The first-order chi connectivity index (χ1) is 13.1. The third-order valence-corrected chi connectivity index (χ3v) is 3.36. The second kappa shape index (κ2) is 10.3. The van der Waals surface area contributed by atoms with Crippen LogP contribution in [0.2, 0.25) is 0 Å². The minimum Gasteiger partial charge on any atom is -0.497 e. The lowest BCUT2D eigenvalue weighted by atomic mass is 10.2. The van der Waals surface area contributed by atoms with E-state index in [-0.39, 0.29) is 19.6 Å². The Morgan fingerprint density at radius 2 is 1.63 bits per heavy atom. The molecule has 0 radical (unpaired) electrons. The number of hydrogen-bond donors (Lipinski definition) is 2. The van der Waals surface area contributed by atoms with Crippen LogP contribution in [0.15, 0.2) is 48.5 Å². The first kappa shape index (κ1) is 19.6. The Kier molecular flexibility index (Phi) is 7.48. The van der Waals surface area contributed by atoms with E-state index in [1.165, 1.54) is 0 Å². The van der Waals surface area contributed by atoms with Crippen molar-refractivity contribution < 1.29 is 23.8 Å². The first-order valence-corrected chi connectivity index (χ1v) is 8.09. The quantitative estimate of drug-likeness (QED) is 0.684. The summed E-state index contributed by atoms with van der Waals surface area (Å²) < 4.78 is 15.7. The molecule has 0 heterocycles. The number of nitriles is 1. The van der Waals surface area contributed by atoms with Crippen molar-refractivity contribution in [2.45, 2.75) is 6.42 Å². The van der Waals surface area contributed by atoms with Gasteiger partial charge in [0, 0.05) is 0 Å². The van der Waals surface area contributed by atoms with Gasteiger partial charge in [0.25, 0.3) is 5.91 Å². The summed E-state index contributed by atoms with van der Waals surface area (Å²) in [7, 11) is 1.57. The lowest BCUT2D eigenvalue weighted by Crippen LogP contribution is -2.44. The molecule has 8 heteroatoms. The van der Waals surface area contributed by atoms with E-state index in [0.717, 1.165) is 0 Å². The van der Waals surface area contributed by atoms with Gasteiger partial charge in [0.2, 0.25) is 5.91 Å². The van der Waals surface area contributed by atoms with Gasteiger partial charge in [0.15, 0.2) is 6.61 Å². The number of carbonyl (C=O) groups excluding carboxylic acids is 2. The van der Waals surface area contributed by atoms with Gasteiger partial charge in [-0.1, -0.05) is 12.1 Å². The SMILES string of the molecule is COc1ccc(OCCC(=O)NNC(=O)COc2ccccc2C#N)cc1. The Morgan fingerprint density at radius 3 is 2.33 bits per heavy atom. The van der Waals surface area contributed by atoms with E-state index in [1.807, 2.05) is 6.07 Å². The van der Waals surface area contributed by atoms with E-state index in [1.54, 1.807) is 55.6 Å². The van der Waals surface area contributed by atoms with Gasteiger partial charge in [-0.3, -0.25) is 20.4 Å². The minimum atomic E-state index is -0.549. The highest BCUT2D eigenvalue weighted by atomic mass is 16.5. The Labute approximate surface area is 156 Å². The topological polar surface area (TPSA) is 110 Å². The fraction of sp³-hybridized carbons (Fsp3) is 0.211. The Morgan fingerprint density at radius 1 is 0.963 bits per heavy atom. The van der Waals surface area contributed by atoms with Gasteiger partial charge >= 0.3 is 0 Å². The molecule has 0 aromatic heterocycles. The van der Waals surface area contributed by atoms with Gasteiger partial charge < -0.3 is 14.2 Å². The maximum absolute atomic E-state index is 11.7. The molecule has 8 nitrogen and oxygen atoms in total. The van der Waals surface area contributed by atoms with E-state index >= 15 is 0 Å². The summed E-state index contributed by atoms with van der Waals surface area (Å²) in [6.45, 7) is -0.179. The standard InChI is InChI=1S/C19H19N3O5/c1-25-15-6-8-16(9-7-15)26-11-10-18(23)21-22-19(24)13-27-17-5-3-2-4-14(17)12-20/h2-9H,10-11,13H2,1H3,(H,21,23)(H,22,24). The third kappa shape index (κ3) is 6.59. The predicted molar refractivity (Wildman–Crippen MR) is 96.0 cm³/mol. The highest BCUT2D eigenvalue weighted by Crippen LogP contribution is 2.17. The number of benzene rings is 2. The molecule has 0 aliphatic carbocycles. The average molecular weight is 369 g/mol. The van der Waals surface area contributed by atoms with Gasteiger partial charge in [-0.25, -0.2) is 0 Å². The zero-order chi connectivity index (χ0) is 19.5. The van der Waals surface area contributed by atoms with E-state index in [9.17, 15) is 9.59 Å². The van der Waals surface area contributed by atoms with Crippen LogP contribution in [0.1, 0.15) is 12.0 Å². The number of nitrogens with zero attached hydrogens (tertiary/aromatic N) is 1. The average Bonchev–Trinajstić information content (AvgIpc) is 2.71. The minimum absolute atomic E-state index is 0.0600. The summed E-state index contributed by atoms with van der Waals surface area (Å²) in [6.07, 6.45) is 0.0600.